The Morgan fingerprint density at radius 3 is 2.96 bits per heavy atom. The quantitative estimate of drug-likeness (QED) is 0.837. The second-order valence-electron chi connectivity index (χ2n) is 5.96. The van der Waals surface area contributed by atoms with Crippen LogP contribution < -0.4 is 0 Å². The molecule has 1 aromatic heterocycles. The number of amides is 1. The van der Waals surface area contributed by atoms with Crippen molar-refractivity contribution in [3.8, 4) is 5.69 Å². The van der Waals surface area contributed by atoms with Crippen LogP contribution in [-0.2, 0) is 4.74 Å². The lowest BCUT2D eigenvalue weighted by Gasteiger charge is -2.43. The van der Waals surface area contributed by atoms with Crippen LogP contribution in [0.1, 0.15) is 16.9 Å². The van der Waals surface area contributed by atoms with E-state index in [4.69, 9.17) is 4.74 Å². The van der Waals surface area contributed by atoms with Gasteiger partial charge in [0.05, 0.1) is 12.3 Å². The number of rotatable bonds is 2. The first-order valence-corrected chi connectivity index (χ1v) is 9.09. The number of hydrogen-bond donors (Lipinski definition) is 0. The summed E-state index contributed by atoms with van der Waals surface area (Å²) in [6, 6.07) is 7.99. The minimum Gasteiger partial charge on any atom is -0.380 e. The highest BCUT2D eigenvalue weighted by Crippen LogP contribution is 2.31. The van der Waals surface area contributed by atoms with E-state index in [9.17, 15) is 9.18 Å². The van der Waals surface area contributed by atoms with Crippen LogP contribution in [-0.4, -0.2) is 57.4 Å². The van der Waals surface area contributed by atoms with Gasteiger partial charge in [-0.1, -0.05) is 0 Å². The van der Waals surface area contributed by atoms with Gasteiger partial charge in [0.25, 0.3) is 5.91 Å². The maximum atomic E-state index is 13.0. The summed E-state index contributed by atoms with van der Waals surface area (Å²) in [7, 11) is 0. The normalized spacial score (nSPS) is 23.8. The maximum Gasteiger partial charge on any atom is 0.274 e. The Morgan fingerprint density at radius 1 is 1.29 bits per heavy atom. The van der Waals surface area contributed by atoms with Gasteiger partial charge in [-0.25, -0.2) is 9.07 Å². The van der Waals surface area contributed by atoms with Crippen LogP contribution in [0.25, 0.3) is 5.69 Å². The largest absolute Gasteiger partial charge is 0.380 e. The molecule has 0 bridgehead atoms. The van der Waals surface area contributed by atoms with Gasteiger partial charge in [-0.05, 0) is 36.8 Å². The SMILES string of the molecule is O=C(c1ccn(-c2ccc(F)cc2)n1)N1CCS[C@H]2COCC[C@@H]21. The Bertz CT molecular complexity index is 732. The zero-order valence-corrected chi connectivity index (χ0v) is 13.9. The number of carbonyl (C=O) groups is 1. The summed E-state index contributed by atoms with van der Waals surface area (Å²) in [4.78, 5) is 14.8. The van der Waals surface area contributed by atoms with Crippen molar-refractivity contribution in [2.24, 2.45) is 0 Å². The minimum atomic E-state index is -0.293. The average Bonchev–Trinajstić information content (AvgIpc) is 3.11. The van der Waals surface area contributed by atoms with Gasteiger partial charge >= 0.3 is 0 Å². The maximum absolute atomic E-state index is 13.0. The highest BCUT2D eigenvalue weighted by atomic mass is 32.2. The van der Waals surface area contributed by atoms with E-state index >= 15 is 0 Å². The zero-order chi connectivity index (χ0) is 16.5. The number of aromatic nitrogens is 2. The summed E-state index contributed by atoms with van der Waals surface area (Å²) in [5.74, 6) is 0.598. The molecule has 4 rings (SSSR count). The molecule has 0 radical (unpaired) electrons. The summed E-state index contributed by atoms with van der Waals surface area (Å²) in [5, 5.41) is 4.74. The Labute approximate surface area is 143 Å². The lowest BCUT2D eigenvalue weighted by molar-refractivity contribution is 0.0315. The van der Waals surface area contributed by atoms with Crippen LogP contribution >= 0.6 is 11.8 Å². The topological polar surface area (TPSA) is 47.4 Å². The molecule has 0 unspecified atom stereocenters. The molecule has 0 saturated carbocycles. The van der Waals surface area contributed by atoms with Crippen LogP contribution in [0.15, 0.2) is 36.5 Å². The smallest absolute Gasteiger partial charge is 0.274 e. The molecule has 126 valence electrons. The highest BCUT2D eigenvalue weighted by molar-refractivity contribution is 8.00. The fourth-order valence-electron chi connectivity index (χ4n) is 3.26. The fraction of sp³-hybridized carbons (Fsp3) is 0.412. The molecule has 0 spiro atoms. The molecule has 1 aromatic carbocycles. The van der Waals surface area contributed by atoms with Crippen LogP contribution in [0.3, 0.4) is 0 Å². The van der Waals surface area contributed by atoms with Crippen molar-refractivity contribution in [2.75, 3.05) is 25.5 Å². The predicted molar refractivity (Wildman–Crippen MR) is 90.0 cm³/mol. The van der Waals surface area contributed by atoms with Gasteiger partial charge in [-0.15, -0.1) is 0 Å². The lowest BCUT2D eigenvalue weighted by atomic mass is 10.1. The van der Waals surface area contributed by atoms with Crippen LogP contribution in [0.5, 0.6) is 0 Å². The molecule has 7 heteroatoms. The van der Waals surface area contributed by atoms with E-state index in [1.165, 1.54) is 12.1 Å². The summed E-state index contributed by atoms with van der Waals surface area (Å²) in [6.45, 7) is 2.16. The van der Waals surface area contributed by atoms with Gasteiger partial charge in [-0.3, -0.25) is 4.79 Å². The standard InChI is InChI=1S/C17H18FN3O2S/c18-12-1-3-13(4-2-12)21-7-5-14(19-21)17(22)20-8-10-24-16-11-23-9-6-15(16)20/h1-5,7,15-16H,6,8-11H2/t15-,16-/m0/s1. The van der Waals surface area contributed by atoms with Crippen molar-refractivity contribution in [3.05, 3.63) is 48.0 Å². The molecule has 2 aliphatic rings. The van der Waals surface area contributed by atoms with Crippen LogP contribution in [0, 0.1) is 5.82 Å². The number of hydrogen-bond acceptors (Lipinski definition) is 4. The molecule has 5 nitrogen and oxygen atoms in total. The van der Waals surface area contributed by atoms with Crippen molar-refractivity contribution in [1.82, 2.24) is 14.7 Å². The first-order valence-electron chi connectivity index (χ1n) is 8.04. The van der Waals surface area contributed by atoms with E-state index in [0.717, 1.165) is 24.4 Å². The Kier molecular flexibility index (Phi) is 4.28. The zero-order valence-electron chi connectivity index (χ0n) is 13.1. The molecule has 2 aromatic rings. The summed E-state index contributed by atoms with van der Waals surface area (Å²) in [6.07, 6.45) is 2.61. The van der Waals surface area contributed by atoms with Crippen LogP contribution in [0.2, 0.25) is 0 Å². The third-order valence-corrected chi connectivity index (χ3v) is 5.79. The fourth-order valence-corrected chi connectivity index (χ4v) is 4.56. The third kappa shape index (κ3) is 2.93. The third-order valence-electron chi connectivity index (χ3n) is 4.49. The van der Waals surface area contributed by atoms with Gasteiger partial charge in [0.2, 0.25) is 0 Å². The molecule has 3 heterocycles. The van der Waals surface area contributed by atoms with E-state index < -0.39 is 0 Å². The number of fused-ring (bicyclic) bond motifs is 1. The van der Waals surface area contributed by atoms with Crippen molar-refractivity contribution >= 4 is 17.7 Å². The lowest BCUT2D eigenvalue weighted by Crippen LogP contribution is -2.54. The number of carbonyl (C=O) groups excluding carboxylic acids is 1. The number of benzene rings is 1. The Balaban J connectivity index is 1.55. The molecule has 2 aliphatic heterocycles. The number of thioether (sulfide) groups is 1. The van der Waals surface area contributed by atoms with Crippen molar-refractivity contribution < 1.29 is 13.9 Å². The number of ether oxygens (including phenoxy) is 1. The molecule has 1 amide bonds. The van der Waals surface area contributed by atoms with Crippen molar-refractivity contribution in [1.29, 1.82) is 0 Å². The van der Waals surface area contributed by atoms with E-state index in [2.05, 4.69) is 5.10 Å². The number of halogens is 1. The van der Waals surface area contributed by atoms with E-state index in [-0.39, 0.29) is 17.8 Å². The van der Waals surface area contributed by atoms with Gasteiger partial charge in [-0.2, -0.15) is 16.9 Å². The summed E-state index contributed by atoms with van der Waals surface area (Å²) >= 11 is 1.89. The molecule has 0 aliphatic carbocycles. The average molecular weight is 347 g/mol. The molecule has 24 heavy (non-hydrogen) atoms. The van der Waals surface area contributed by atoms with Crippen molar-refractivity contribution in [2.45, 2.75) is 17.7 Å². The Hall–Kier alpha value is -1.86. The second kappa shape index (κ2) is 6.57. The van der Waals surface area contributed by atoms with E-state index in [1.54, 1.807) is 29.1 Å². The molecular formula is C17H18FN3O2S. The van der Waals surface area contributed by atoms with Crippen molar-refractivity contribution in [3.63, 3.8) is 0 Å². The number of nitrogens with zero attached hydrogens (tertiary/aromatic N) is 3. The monoisotopic (exact) mass is 347 g/mol. The van der Waals surface area contributed by atoms with E-state index in [1.807, 2.05) is 16.7 Å². The van der Waals surface area contributed by atoms with Gasteiger partial charge in [0, 0.05) is 36.4 Å². The molecule has 0 N–H and O–H groups in total. The Morgan fingerprint density at radius 2 is 2.12 bits per heavy atom. The minimum absolute atomic E-state index is 0.0342. The predicted octanol–water partition coefficient (Wildman–Crippen LogP) is 2.36. The van der Waals surface area contributed by atoms with Gasteiger partial charge < -0.3 is 9.64 Å². The molecule has 2 fully saturated rings. The molecule has 2 saturated heterocycles. The van der Waals surface area contributed by atoms with Gasteiger partial charge in [0.15, 0.2) is 5.69 Å². The van der Waals surface area contributed by atoms with E-state index in [0.29, 0.717) is 24.2 Å². The molecule has 2 atom stereocenters. The summed E-state index contributed by atoms with van der Waals surface area (Å²) < 4.78 is 20.2. The van der Waals surface area contributed by atoms with Crippen LogP contribution in [0.4, 0.5) is 4.39 Å². The first-order chi connectivity index (χ1) is 11.7. The summed E-state index contributed by atoms with van der Waals surface area (Å²) in [5.41, 5.74) is 1.16. The highest BCUT2D eigenvalue weighted by Gasteiger charge is 2.37. The molecular weight excluding hydrogens is 329 g/mol. The van der Waals surface area contributed by atoms with Gasteiger partial charge in [0.1, 0.15) is 5.82 Å². The second-order valence-corrected chi connectivity index (χ2v) is 7.31. The first kappa shape index (κ1) is 15.7.